The molecule has 2 aromatic rings. The normalized spacial score (nSPS) is 20.7. The number of nitrogens with zero attached hydrogens (tertiary/aromatic N) is 1. The Morgan fingerprint density at radius 2 is 1.83 bits per heavy atom. The van der Waals surface area contributed by atoms with Crippen molar-refractivity contribution in [3.05, 3.63) is 67.4 Å². The van der Waals surface area contributed by atoms with Crippen LogP contribution in [0.5, 0.6) is 5.88 Å². The molecule has 1 saturated heterocycles. The standard InChI is InChI=1S/C18H15N5O6/c1-2-29-16-10(15(26)22-18(28)23-16)12-8-6-4-3-5-7(8)11(19-12)9-13(24)20-17(27)21-14(9)25/h3-6,16H,2H2,1H3,(H2,22,23,26,28)(H3,20,21,24,25,27)/b12-10-. The van der Waals surface area contributed by atoms with Gasteiger partial charge in [0.25, 0.3) is 11.5 Å². The number of aromatic nitrogens is 2. The second-order valence-corrected chi connectivity index (χ2v) is 6.16. The first-order chi connectivity index (χ1) is 13.9. The van der Waals surface area contributed by atoms with Gasteiger partial charge in [0.2, 0.25) is 5.88 Å². The summed E-state index contributed by atoms with van der Waals surface area (Å²) in [5.41, 5.74) is -0.702. The van der Waals surface area contributed by atoms with Crippen LogP contribution in [0.4, 0.5) is 4.79 Å². The van der Waals surface area contributed by atoms with Crippen LogP contribution in [0.2, 0.25) is 0 Å². The number of aromatic hydroxyl groups is 1. The maximum absolute atomic E-state index is 12.6. The molecule has 29 heavy (non-hydrogen) atoms. The summed E-state index contributed by atoms with van der Waals surface area (Å²) in [7, 11) is 0. The summed E-state index contributed by atoms with van der Waals surface area (Å²) in [6, 6.07) is 6.03. The largest absolute Gasteiger partial charge is 0.494 e. The minimum Gasteiger partial charge on any atom is -0.494 e. The van der Waals surface area contributed by atoms with E-state index in [1.165, 1.54) is 0 Å². The van der Waals surface area contributed by atoms with Crippen molar-refractivity contribution in [2.45, 2.75) is 13.2 Å². The monoisotopic (exact) mass is 397 g/mol. The first kappa shape index (κ1) is 18.4. The highest BCUT2D eigenvalue weighted by Gasteiger charge is 2.37. The fourth-order valence-electron chi connectivity index (χ4n) is 3.26. The fraction of sp³-hybridized carbons (Fsp3) is 0.167. The Morgan fingerprint density at radius 3 is 2.52 bits per heavy atom. The summed E-state index contributed by atoms with van der Waals surface area (Å²) in [6.45, 7) is 1.92. The van der Waals surface area contributed by atoms with E-state index in [0.717, 1.165) is 0 Å². The number of fused-ring (bicyclic) bond motifs is 1. The van der Waals surface area contributed by atoms with Gasteiger partial charge in [0.05, 0.1) is 17.0 Å². The number of hydrogen-bond acceptors (Lipinski definition) is 7. The van der Waals surface area contributed by atoms with Crippen molar-refractivity contribution in [2.75, 3.05) is 6.61 Å². The van der Waals surface area contributed by atoms with E-state index < -0.39 is 35.3 Å². The number of nitrogens with one attached hydrogen (secondary N) is 4. The number of amides is 3. The maximum Gasteiger partial charge on any atom is 0.328 e. The zero-order chi connectivity index (χ0) is 20.7. The van der Waals surface area contributed by atoms with Gasteiger partial charge in [-0.3, -0.25) is 24.9 Å². The highest BCUT2D eigenvalue weighted by molar-refractivity contribution is 6.23. The highest BCUT2D eigenvalue weighted by Crippen LogP contribution is 2.35. The molecule has 5 N–H and O–H groups in total. The Labute approximate surface area is 162 Å². The number of rotatable bonds is 3. The van der Waals surface area contributed by atoms with Crippen LogP contribution in [0.3, 0.4) is 0 Å². The van der Waals surface area contributed by atoms with Crippen LogP contribution in [0.15, 0.2) is 44.4 Å². The van der Waals surface area contributed by atoms with Crippen molar-refractivity contribution in [1.82, 2.24) is 20.6 Å². The van der Waals surface area contributed by atoms with Gasteiger partial charge in [-0.25, -0.2) is 14.6 Å². The summed E-state index contributed by atoms with van der Waals surface area (Å²) in [5.74, 6) is -1.34. The highest BCUT2D eigenvalue weighted by atomic mass is 16.5. The van der Waals surface area contributed by atoms with Gasteiger partial charge in [-0.15, -0.1) is 0 Å². The average Bonchev–Trinajstić information content (AvgIpc) is 3.00. The SMILES string of the molecule is CCOC1NC(=O)NC(=O)/C1=C1/N=C(c2c(O)[nH]c(=O)[nH]c2=O)c2ccccc21. The molecule has 1 aromatic heterocycles. The summed E-state index contributed by atoms with van der Waals surface area (Å²) in [6.07, 6.45) is -1.05. The predicted molar refractivity (Wildman–Crippen MR) is 100 cm³/mol. The molecule has 1 fully saturated rings. The van der Waals surface area contributed by atoms with Gasteiger partial charge in [-0.1, -0.05) is 24.3 Å². The minimum absolute atomic E-state index is 0.0502. The number of H-pyrrole nitrogens is 2. The summed E-state index contributed by atoms with van der Waals surface area (Å²) < 4.78 is 5.48. The van der Waals surface area contributed by atoms with Gasteiger partial charge >= 0.3 is 11.7 Å². The molecule has 3 amide bonds. The van der Waals surface area contributed by atoms with E-state index in [1.807, 2.05) is 4.98 Å². The third-order valence-electron chi connectivity index (χ3n) is 4.41. The fourth-order valence-corrected chi connectivity index (χ4v) is 3.26. The van der Waals surface area contributed by atoms with E-state index in [4.69, 9.17) is 4.74 Å². The summed E-state index contributed by atoms with van der Waals surface area (Å²) >= 11 is 0. The molecule has 0 radical (unpaired) electrons. The van der Waals surface area contributed by atoms with Crippen LogP contribution >= 0.6 is 0 Å². The number of imide groups is 1. The van der Waals surface area contributed by atoms with Crippen LogP contribution in [0, 0.1) is 0 Å². The average molecular weight is 397 g/mol. The first-order valence-electron chi connectivity index (χ1n) is 8.62. The molecular weight excluding hydrogens is 382 g/mol. The lowest BCUT2D eigenvalue weighted by Gasteiger charge is -2.26. The molecule has 0 spiro atoms. The van der Waals surface area contributed by atoms with Crippen molar-refractivity contribution in [3.63, 3.8) is 0 Å². The Kier molecular flexibility index (Phi) is 4.35. The number of hydrogen-bond donors (Lipinski definition) is 5. The number of aromatic amines is 2. The molecule has 2 aliphatic heterocycles. The quantitative estimate of drug-likeness (QED) is 0.439. The third-order valence-corrected chi connectivity index (χ3v) is 4.41. The Balaban J connectivity index is 1.99. The van der Waals surface area contributed by atoms with Crippen molar-refractivity contribution < 1.29 is 19.4 Å². The summed E-state index contributed by atoms with van der Waals surface area (Å²) in [4.78, 5) is 56.5. The molecule has 0 saturated carbocycles. The molecule has 0 bridgehead atoms. The lowest BCUT2D eigenvalue weighted by Crippen LogP contribution is -2.55. The molecule has 1 aromatic carbocycles. The van der Waals surface area contributed by atoms with Gasteiger partial charge in [-0.2, -0.15) is 0 Å². The molecule has 0 aliphatic carbocycles. The molecular formula is C18H15N5O6. The molecule has 148 valence electrons. The number of carbonyl (C=O) groups is 2. The lowest BCUT2D eigenvalue weighted by molar-refractivity contribution is -0.119. The van der Waals surface area contributed by atoms with Gasteiger partial charge in [0, 0.05) is 17.7 Å². The maximum atomic E-state index is 12.6. The smallest absolute Gasteiger partial charge is 0.328 e. The van der Waals surface area contributed by atoms with Gasteiger partial charge in [0.1, 0.15) is 5.56 Å². The third kappa shape index (κ3) is 3.02. The van der Waals surface area contributed by atoms with E-state index in [1.54, 1.807) is 31.2 Å². The minimum atomic E-state index is -1.05. The molecule has 1 atom stereocenters. The van der Waals surface area contributed by atoms with Gasteiger partial charge in [-0.05, 0) is 6.92 Å². The molecule has 3 heterocycles. The number of benzene rings is 1. The van der Waals surface area contributed by atoms with E-state index in [0.29, 0.717) is 11.1 Å². The van der Waals surface area contributed by atoms with Crippen molar-refractivity contribution >= 4 is 23.3 Å². The predicted octanol–water partition coefficient (Wildman–Crippen LogP) is -0.467. The van der Waals surface area contributed by atoms with Crippen molar-refractivity contribution in [3.8, 4) is 5.88 Å². The van der Waals surface area contributed by atoms with Crippen LogP contribution in [0.25, 0.3) is 5.70 Å². The van der Waals surface area contributed by atoms with E-state index in [2.05, 4.69) is 20.6 Å². The van der Waals surface area contributed by atoms with E-state index in [-0.39, 0.29) is 29.2 Å². The number of aliphatic imine (C=N–C) groups is 1. The molecule has 11 nitrogen and oxygen atoms in total. The van der Waals surface area contributed by atoms with E-state index >= 15 is 0 Å². The van der Waals surface area contributed by atoms with Crippen LogP contribution in [0.1, 0.15) is 23.6 Å². The second-order valence-electron chi connectivity index (χ2n) is 6.16. The number of carbonyl (C=O) groups excluding carboxylic acids is 2. The number of ether oxygens (including phenoxy) is 1. The molecule has 11 heteroatoms. The zero-order valence-electron chi connectivity index (χ0n) is 15.0. The Morgan fingerprint density at radius 1 is 1.10 bits per heavy atom. The van der Waals surface area contributed by atoms with Crippen LogP contribution < -0.4 is 21.9 Å². The van der Waals surface area contributed by atoms with Gasteiger partial charge in [0.15, 0.2) is 6.23 Å². The molecule has 1 unspecified atom stereocenters. The summed E-state index contributed by atoms with van der Waals surface area (Å²) in [5, 5.41) is 14.8. The zero-order valence-corrected chi connectivity index (χ0v) is 15.0. The first-order valence-corrected chi connectivity index (χ1v) is 8.62. The van der Waals surface area contributed by atoms with Gasteiger partial charge < -0.3 is 15.2 Å². The van der Waals surface area contributed by atoms with E-state index in [9.17, 15) is 24.3 Å². The van der Waals surface area contributed by atoms with Crippen LogP contribution in [-0.4, -0.2) is 45.6 Å². The number of urea groups is 1. The Bertz CT molecular complexity index is 1220. The van der Waals surface area contributed by atoms with Crippen molar-refractivity contribution in [2.24, 2.45) is 4.99 Å². The molecule has 4 rings (SSSR count). The molecule has 2 aliphatic rings. The Hall–Kier alpha value is -3.99. The topological polar surface area (TPSA) is 166 Å². The second kappa shape index (κ2) is 6.87. The van der Waals surface area contributed by atoms with Crippen LogP contribution in [-0.2, 0) is 9.53 Å². The van der Waals surface area contributed by atoms with Crippen molar-refractivity contribution in [1.29, 1.82) is 0 Å². The lowest BCUT2D eigenvalue weighted by atomic mass is 9.98.